The number of para-hydroxylation sites is 1. The van der Waals surface area contributed by atoms with Crippen molar-refractivity contribution in [1.29, 1.82) is 0 Å². The van der Waals surface area contributed by atoms with Crippen LogP contribution < -0.4 is 9.47 Å². The van der Waals surface area contributed by atoms with Crippen LogP contribution in [-0.2, 0) is 16.1 Å². The van der Waals surface area contributed by atoms with Crippen LogP contribution in [0.2, 0.25) is 0 Å². The predicted molar refractivity (Wildman–Crippen MR) is 132 cm³/mol. The number of Topliss-reactive ketones (excluding diaryl/α,β-unsaturated/α-hetero) is 1. The molecule has 0 aliphatic carbocycles. The zero-order chi connectivity index (χ0) is 24.9. The molecule has 7 heteroatoms. The molecule has 1 aliphatic rings. The molecular weight excluding hydrogens is 444 g/mol. The molecule has 3 aromatic rings. The van der Waals surface area contributed by atoms with Gasteiger partial charge in [-0.25, -0.2) is 0 Å². The van der Waals surface area contributed by atoms with Crippen LogP contribution in [0.15, 0.2) is 78.5 Å². The molecule has 1 aromatic heterocycles. The minimum atomic E-state index is -0.843. The summed E-state index contributed by atoms with van der Waals surface area (Å²) < 4.78 is 11.3. The van der Waals surface area contributed by atoms with Crippen LogP contribution in [0, 0.1) is 5.92 Å². The van der Waals surface area contributed by atoms with E-state index in [1.165, 1.54) is 12.0 Å². The van der Waals surface area contributed by atoms with Gasteiger partial charge in [0.2, 0.25) is 0 Å². The van der Waals surface area contributed by atoms with Crippen molar-refractivity contribution in [2.75, 3.05) is 13.7 Å². The molecule has 2 aromatic carbocycles. The van der Waals surface area contributed by atoms with E-state index in [0.717, 1.165) is 0 Å². The minimum Gasteiger partial charge on any atom is -0.507 e. The Morgan fingerprint density at radius 2 is 1.74 bits per heavy atom. The second kappa shape index (κ2) is 10.4. The highest BCUT2D eigenvalue weighted by molar-refractivity contribution is 6.46. The summed E-state index contributed by atoms with van der Waals surface area (Å²) in [5.41, 5.74) is 1.65. The fourth-order valence-corrected chi connectivity index (χ4v) is 4.05. The molecule has 1 atom stereocenters. The molecule has 1 saturated heterocycles. The summed E-state index contributed by atoms with van der Waals surface area (Å²) in [6, 6.07) is 18.5. The Hall–Kier alpha value is -4.13. The van der Waals surface area contributed by atoms with Gasteiger partial charge in [0.25, 0.3) is 11.7 Å². The van der Waals surface area contributed by atoms with Crippen LogP contribution in [0.1, 0.15) is 36.7 Å². The SMILES string of the molecule is COc1ccccc1C1/C(=C(/O)c2ccc(OCC(C)C)cc2)C(=O)C(=O)N1Cc1ccccn1. The number of rotatable bonds is 8. The number of ether oxygens (including phenoxy) is 2. The van der Waals surface area contributed by atoms with Crippen LogP contribution in [0.4, 0.5) is 0 Å². The molecule has 1 amide bonds. The number of nitrogens with zero attached hydrogens (tertiary/aromatic N) is 2. The second-order valence-corrected chi connectivity index (χ2v) is 8.72. The van der Waals surface area contributed by atoms with Gasteiger partial charge in [0.15, 0.2) is 0 Å². The van der Waals surface area contributed by atoms with E-state index in [2.05, 4.69) is 18.8 Å². The zero-order valence-corrected chi connectivity index (χ0v) is 20.0. The standard InChI is InChI=1S/C28H28N2O5/c1-18(2)17-35-21-13-11-19(12-14-21)26(31)24-25(22-9-4-5-10-23(22)34-3)30(28(33)27(24)32)16-20-8-6-7-15-29-20/h4-15,18,25,31H,16-17H2,1-3H3/b26-24-. The van der Waals surface area contributed by atoms with Crippen molar-refractivity contribution in [3.8, 4) is 11.5 Å². The van der Waals surface area contributed by atoms with Crippen molar-refractivity contribution in [3.63, 3.8) is 0 Å². The maximum atomic E-state index is 13.3. The topological polar surface area (TPSA) is 89.0 Å². The summed E-state index contributed by atoms with van der Waals surface area (Å²) in [5.74, 6) is -0.169. The highest BCUT2D eigenvalue weighted by atomic mass is 16.5. The van der Waals surface area contributed by atoms with Gasteiger partial charge >= 0.3 is 0 Å². The van der Waals surface area contributed by atoms with E-state index in [-0.39, 0.29) is 17.9 Å². The molecule has 1 fully saturated rings. The molecule has 1 aliphatic heterocycles. The lowest BCUT2D eigenvalue weighted by Crippen LogP contribution is -2.29. The zero-order valence-electron chi connectivity index (χ0n) is 20.0. The third-order valence-corrected chi connectivity index (χ3v) is 5.74. The summed E-state index contributed by atoms with van der Waals surface area (Å²) in [6.07, 6.45) is 1.63. The lowest BCUT2D eigenvalue weighted by Gasteiger charge is -2.26. The van der Waals surface area contributed by atoms with E-state index in [9.17, 15) is 14.7 Å². The number of aromatic nitrogens is 1. The van der Waals surface area contributed by atoms with Gasteiger partial charge in [0.05, 0.1) is 37.6 Å². The monoisotopic (exact) mass is 472 g/mol. The largest absolute Gasteiger partial charge is 0.507 e. The molecule has 1 unspecified atom stereocenters. The number of benzene rings is 2. The highest BCUT2D eigenvalue weighted by Crippen LogP contribution is 2.43. The molecule has 0 bridgehead atoms. The maximum Gasteiger partial charge on any atom is 0.296 e. The average Bonchev–Trinajstić information content (AvgIpc) is 3.12. The Kier molecular flexibility index (Phi) is 7.15. The van der Waals surface area contributed by atoms with Crippen LogP contribution in [0.25, 0.3) is 5.76 Å². The predicted octanol–water partition coefficient (Wildman–Crippen LogP) is 4.75. The van der Waals surface area contributed by atoms with Gasteiger partial charge in [-0.2, -0.15) is 0 Å². The minimum absolute atomic E-state index is 0.00581. The van der Waals surface area contributed by atoms with Gasteiger partial charge in [0, 0.05) is 17.3 Å². The first-order chi connectivity index (χ1) is 16.9. The molecular formula is C28H28N2O5. The van der Waals surface area contributed by atoms with E-state index >= 15 is 0 Å². The van der Waals surface area contributed by atoms with Gasteiger partial charge < -0.3 is 19.5 Å². The molecule has 0 spiro atoms. The number of amides is 1. The van der Waals surface area contributed by atoms with E-state index in [0.29, 0.717) is 40.8 Å². The number of hydrogen-bond donors (Lipinski definition) is 1. The third kappa shape index (κ3) is 5.04. The molecule has 0 saturated carbocycles. The first-order valence-corrected chi connectivity index (χ1v) is 11.4. The number of aliphatic hydroxyl groups is 1. The molecule has 4 rings (SSSR count). The van der Waals surface area contributed by atoms with Crippen molar-refractivity contribution < 1.29 is 24.2 Å². The van der Waals surface area contributed by atoms with Crippen LogP contribution in [0.5, 0.6) is 11.5 Å². The molecule has 180 valence electrons. The first-order valence-electron chi connectivity index (χ1n) is 11.4. The summed E-state index contributed by atoms with van der Waals surface area (Å²) in [7, 11) is 1.53. The van der Waals surface area contributed by atoms with Crippen molar-refractivity contribution >= 4 is 17.4 Å². The Bertz CT molecular complexity index is 1240. The van der Waals surface area contributed by atoms with Gasteiger partial charge in [0.1, 0.15) is 17.3 Å². The van der Waals surface area contributed by atoms with Gasteiger partial charge in [-0.05, 0) is 48.4 Å². The van der Waals surface area contributed by atoms with Crippen LogP contribution in [-0.4, -0.2) is 40.4 Å². The number of methoxy groups -OCH3 is 1. The number of pyridine rings is 1. The lowest BCUT2D eigenvalue weighted by molar-refractivity contribution is -0.140. The molecule has 7 nitrogen and oxygen atoms in total. The maximum absolute atomic E-state index is 13.3. The Balaban J connectivity index is 1.79. The first kappa shape index (κ1) is 24.0. The molecule has 35 heavy (non-hydrogen) atoms. The fourth-order valence-electron chi connectivity index (χ4n) is 4.05. The Labute approximate surface area is 204 Å². The Morgan fingerprint density at radius 3 is 2.40 bits per heavy atom. The fraction of sp³-hybridized carbons (Fsp3) is 0.250. The molecule has 0 radical (unpaired) electrons. The van der Waals surface area contributed by atoms with Gasteiger partial charge in [-0.1, -0.05) is 38.1 Å². The van der Waals surface area contributed by atoms with Gasteiger partial charge in [-0.15, -0.1) is 0 Å². The lowest BCUT2D eigenvalue weighted by atomic mass is 9.94. The number of aliphatic hydroxyl groups excluding tert-OH is 1. The third-order valence-electron chi connectivity index (χ3n) is 5.74. The van der Waals surface area contributed by atoms with Gasteiger partial charge in [-0.3, -0.25) is 14.6 Å². The van der Waals surface area contributed by atoms with Crippen LogP contribution in [0.3, 0.4) is 0 Å². The van der Waals surface area contributed by atoms with Crippen molar-refractivity contribution in [1.82, 2.24) is 9.88 Å². The summed E-state index contributed by atoms with van der Waals surface area (Å²) in [4.78, 5) is 32.2. The summed E-state index contributed by atoms with van der Waals surface area (Å²) >= 11 is 0. The summed E-state index contributed by atoms with van der Waals surface area (Å²) in [5, 5.41) is 11.3. The second-order valence-electron chi connectivity index (χ2n) is 8.72. The number of hydrogen-bond acceptors (Lipinski definition) is 6. The average molecular weight is 473 g/mol. The number of likely N-dealkylation sites (tertiary alicyclic amines) is 1. The van der Waals surface area contributed by atoms with Crippen LogP contribution >= 0.6 is 0 Å². The smallest absolute Gasteiger partial charge is 0.296 e. The van der Waals surface area contributed by atoms with E-state index in [4.69, 9.17) is 9.47 Å². The van der Waals surface area contributed by atoms with E-state index < -0.39 is 17.7 Å². The normalized spacial score (nSPS) is 17.1. The molecule has 2 heterocycles. The number of ketones is 1. The highest BCUT2D eigenvalue weighted by Gasteiger charge is 2.47. The van der Waals surface area contributed by atoms with Crippen molar-refractivity contribution in [2.45, 2.75) is 26.4 Å². The molecule has 1 N–H and O–H groups in total. The Morgan fingerprint density at radius 1 is 1.03 bits per heavy atom. The van der Waals surface area contributed by atoms with E-state index in [1.807, 2.05) is 12.1 Å². The van der Waals surface area contributed by atoms with Crippen molar-refractivity contribution in [3.05, 3.63) is 95.3 Å². The number of carbonyl (C=O) groups excluding carboxylic acids is 2. The van der Waals surface area contributed by atoms with E-state index in [1.54, 1.807) is 60.8 Å². The summed E-state index contributed by atoms with van der Waals surface area (Å²) in [6.45, 7) is 4.79. The van der Waals surface area contributed by atoms with Crippen molar-refractivity contribution in [2.24, 2.45) is 5.92 Å². The quantitative estimate of drug-likeness (QED) is 0.289. The number of carbonyl (C=O) groups is 2.